The Morgan fingerprint density at radius 3 is 1.93 bits per heavy atom. The Kier molecular flexibility index (Phi) is 2.96. The number of nitrogens with zero attached hydrogens (tertiary/aromatic N) is 1. The van der Waals surface area contributed by atoms with E-state index >= 15 is 0 Å². The molecule has 1 aliphatic heterocycles. The van der Waals surface area contributed by atoms with Gasteiger partial charge in [0.1, 0.15) is 0 Å². The average molecular weight is 220 g/mol. The molecule has 14 heavy (non-hydrogen) atoms. The van der Waals surface area contributed by atoms with Crippen LogP contribution in [0.15, 0.2) is 0 Å². The maximum atomic E-state index is 11.7. The van der Waals surface area contributed by atoms with E-state index in [-0.39, 0.29) is 10.8 Å². The molecule has 0 saturated carbocycles. The van der Waals surface area contributed by atoms with Crippen LogP contribution in [0, 0.1) is 5.92 Å². The summed E-state index contributed by atoms with van der Waals surface area (Å²) < 4.78 is 24.9. The molecule has 2 N–H and O–H groups in total. The molecule has 0 unspecified atom stereocenters. The first-order chi connectivity index (χ1) is 6.20. The molecule has 0 aromatic heterocycles. The fourth-order valence-corrected chi connectivity index (χ4v) is 2.89. The van der Waals surface area contributed by atoms with Gasteiger partial charge >= 0.3 is 0 Å². The molecule has 1 saturated heterocycles. The molecule has 1 rings (SSSR count). The van der Waals surface area contributed by atoms with Gasteiger partial charge in [-0.15, -0.1) is 0 Å². The van der Waals surface area contributed by atoms with Gasteiger partial charge in [-0.25, -0.2) is 8.42 Å². The predicted molar refractivity (Wildman–Crippen MR) is 57.4 cm³/mol. The summed E-state index contributed by atoms with van der Waals surface area (Å²) in [6.07, 6.45) is 0. The standard InChI is InChI=1S/C9H20N2O2S/c1-7(2)9(10)5-11(6-9)14(12,13)8(3)4/h7-8H,5-6,10H2,1-4H3. The van der Waals surface area contributed by atoms with Crippen LogP contribution in [-0.4, -0.2) is 36.6 Å². The fraction of sp³-hybridized carbons (Fsp3) is 1.00. The van der Waals surface area contributed by atoms with Crippen molar-refractivity contribution in [3.8, 4) is 0 Å². The fourth-order valence-electron chi connectivity index (χ4n) is 1.45. The summed E-state index contributed by atoms with van der Waals surface area (Å²) >= 11 is 0. The molecule has 4 nitrogen and oxygen atoms in total. The van der Waals surface area contributed by atoms with Gasteiger partial charge in [-0.2, -0.15) is 4.31 Å². The van der Waals surface area contributed by atoms with Crippen molar-refractivity contribution in [2.24, 2.45) is 11.7 Å². The van der Waals surface area contributed by atoms with Crippen LogP contribution < -0.4 is 5.73 Å². The van der Waals surface area contributed by atoms with Crippen molar-refractivity contribution in [3.05, 3.63) is 0 Å². The quantitative estimate of drug-likeness (QED) is 0.748. The Morgan fingerprint density at radius 1 is 1.21 bits per heavy atom. The molecule has 0 spiro atoms. The third-order valence-corrected chi connectivity index (χ3v) is 5.22. The second kappa shape index (κ2) is 3.47. The summed E-state index contributed by atoms with van der Waals surface area (Å²) in [4.78, 5) is 0. The van der Waals surface area contributed by atoms with E-state index in [1.165, 1.54) is 4.31 Å². The summed E-state index contributed by atoms with van der Waals surface area (Å²) in [5, 5.41) is -0.348. The second-order valence-corrected chi connectivity index (χ2v) is 7.24. The molecule has 0 aromatic rings. The highest BCUT2D eigenvalue weighted by Crippen LogP contribution is 2.29. The highest BCUT2D eigenvalue weighted by Gasteiger charge is 2.47. The number of hydrogen-bond acceptors (Lipinski definition) is 3. The molecule has 1 fully saturated rings. The van der Waals surface area contributed by atoms with Crippen molar-refractivity contribution < 1.29 is 8.42 Å². The Bertz CT molecular complexity index is 303. The molecule has 5 heteroatoms. The maximum absolute atomic E-state index is 11.7. The van der Waals surface area contributed by atoms with Crippen molar-refractivity contribution in [3.63, 3.8) is 0 Å². The molecule has 0 atom stereocenters. The Morgan fingerprint density at radius 2 is 1.64 bits per heavy atom. The van der Waals surface area contributed by atoms with Crippen LogP contribution in [0.3, 0.4) is 0 Å². The number of sulfonamides is 1. The zero-order valence-electron chi connectivity index (χ0n) is 9.32. The number of rotatable bonds is 3. The highest BCUT2D eigenvalue weighted by molar-refractivity contribution is 7.89. The van der Waals surface area contributed by atoms with E-state index in [1.807, 2.05) is 13.8 Å². The van der Waals surface area contributed by atoms with Gasteiger partial charge in [-0.1, -0.05) is 13.8 Å². The Balaban J connectivity index is 2.66. The van der Waals surface area contributed by atoms with Gasteiger partial charge in [0.05, 0.1) is 5.25 Å². The number of hydrogen-bond donors (Lipinski definition) is 1. The Labute approximate surface area is 86.5 Å². The molecule has 0 radical (unpaired) electrons. The first kappa shape index (κ1) is 11.9. The average Bonchev–Trinajstić information content (AvgIpc) is 1.97. The third kappa shape index (κ3) is 1.81. The van der Waals surface area contributed by atoms with Crippen LogP contribution in [0.1, 0.15) is 27.7 Å². The van der Waals surface area contributed by atoms with E-state index in [0.29, 0.717) is 19.0 Å². The summed E-state index contributed by atoms with van der Waals surface area (Å²) in [5.41, 5.74) is 5.71. The molecule has 84 valence electrons. The summed E-state index contributed by atoms with van der Waals surface area (Å²) in [7, 11) is -3.09. The lowest BCUT2D eigenvalue weighted by molar-refractivity contribution is 0.110. The van der Waals surface area contributed by atoms with Crippen molar-refractivity contribution in [1.82, 2.24) is 4.31 Å². The third-order valence-electron chi connectivity index (χ3n) is 3.05. The molecule has 1 heterocycles. The smallest absolute Gasteiger partial charge is 0.216 e. The minimum atomic E-state index is -3.09. The first-order valence-corrected chi connectivity index (χ1v) is 6.48. The van der Waals surface area contributed by atoms with Crippen LogP contribution in [0.2, 0.25) is 0 Å². The van der Waals surface area contributed by atoms with Crippen molar-refractivity contribution in [2.75, 3.05) is 13.1 Å². The lowest BCUT2D eigenvalue weighted by atomic mass is 9.82. The SMILES string of the molecule is CC(C)C1(N)CN(S(=O)(=O)C(C)C)C1. The largest absolute Gasteiger partial charge is 0.323 e. The zero-order chi connectivity index (χ0) is 11.1. The van der Waals surface area contributed by atoms with Gasteiger partial charge < -0.3 is 5.73 Å². The summed E-state index contributed by atoms with van der Waals surface area (Å²) in [6.45, 7) is 8.37. The first-order valence-electron chi connectivity index (χ1n) is 4.98. The van der Waals surface area contributed by atoms with Crippen molar-refractivity contribution >= 4 is 10.0 Å². The molecule has 1 aliphatic rings. The lowest BCUT2D eigenvalue weighted by Gasteiger charge is -2.49. The normalized spacial score (nSPS) is 22.8. The van der Waals surface area contributed by atoms with E-state index in [1.54, 1.807) is 13.8 Å². The second-order valence-electron chi connectivity index (χ2n) is 4.75. The van der Waals surface area contributed by atoms with E-state index < -0.39 is 10.0 Å². The topological polar surface area (TPSA) is 63.4 Å². The predicted octanol–water partition coefficient (Wildman–Crippen LogP) is 0.394. The van der Waals surface area contributed by atoms with Gasteiger partial charge in [0.25, 0.3) is 0 Å². The molecular weight excluding hydrogens is 200 g/mol. The molecule has 0 amide bonds. The Hall–Kier alpha value is -0.130. The van der Waals surface area contributed by atoms with Crippen LogP contribution in [-0.2, 0) is 10.0 Å². The molecule has 0 bridgehead atoms. The van der Waals surface area contributed by atoms with E-state index in [9.17, 15) is 8.42 Å². The summed E-state index contributed by atoms with van der Waals surface area (Å²) in [5.74, 6) is 0.320. The van der Waals surface area contributed by atoms with E-state index in [2.05, 4.69) is 0 Å². The number of nitrogens with two attached hydrogens (primary N) is 1. The van der Waals surface area contributed by atoms with Crippen LogP contribution in [0.4, 0.5) is 0 Å². The highest BCUT2D eigenvalue weighted by atomic mass is 32.2. The van der Waals surface area contributed by atoms with Crippen LogP contribution in [0.5, 0.6) is 0 Å². The zero-order valence-corrected chi connectivity index (χ0v) is 10.1. The lowest BCUT2D eigenvalue weighted by Crippen LogP contribution is -2.71. The van der Waals surface area contributed by atoms with Gasteiger partial charge in [0, 0.05) is 18.6 Å². The maximum Gasteiger partial charge on any atom is 0.216 e. The van der Waals surface area contributed by atoms with Gasteiger partial charge in [-0.3, -0.25) is 0 Å². The van der Waals surface area contributed by atoms with Crippen molar-refractivity contribution in [2.45, 2.75) is 38.5 Å². The van der Waals surface area contributed by atoms with E-state index in [0.717, 1.165) is 0 Å². The minimum absolute atomic E-state index is 0.317. The minimum Gasteiger partial charge on any atom is -0.323 e. The molecule has 0 aliphatic carbocycles. The van der Waals surface area contributed by atoms with Gasteiger partial charge in [0.2, 0.25) is 10.0 Å². The summed E-state index contributed by atoms with van der Waals surface area (Å²) in [6, 6.07) is 0. The molecule has 0 aromatic carbocycles. The van der Waals surface area contributed by atoms with Crippen LogP contribution >= 0.6 is 0 Å². The van der Waals surface area contributed by atoms with Crippen LogP contribution in [0.25, 0.3) is 0 Å². The molecular formula is C9H20N2O2S. The monoisotopic (exact) mass is 220 g/mol. The van der Waals surface area contributed by atoms with Crippen molar-refractivity contribution in [1.29, 1.82) is 0 Å². The van der Waals surface area contributed by atoms with E-state index in [4.69, 9.17) is 5.73 Å². The van der Waals surface area contributed by atoms with Gasteiger partial charge in [0.15, 0.2) is 0 Å². The van der Waals surface area contributed by atoms with Gasteiger partial charge in [-0.05, 0) is 19.8 Å².